The van der Waals surface area contributed by atoms with Gasteiger partial charge in [-0.05, 0) is 35.2 Å². The second kappa shape index (κ2) is 5.67. The summed E-state index contributed by atoms with van der Waals surface area (Å²) in [5.41, 5.74) is 1.86. The normalized spacial score (nSPS) is 11.1. The topological polar surface area (TPSA) is 42.4 Å². The standard InChI is InChI=1S/C18H15NO2/c1-21-18-12-13(7-9-17(18)20)6-8-16-15-5-3-2-4-14(15)10-11-19-16/h2-12,20H,1H3/b8-6+. The van der Waals surface area contributed by atoms with Crippen molar-refractivity contribution in [1.29, 1.82) is 0 Å². The molecule has 0 fully saturated rings. The summed E-state index contributed by atoms with van der Waals surface area (Å²) < 4.78 is 5.11. The summed E-state index contributed by atoms with van der Waals surface area (Å²) in [5.74, 6) is 0.598. The van der Waals surface area contributed by atoms with E-state index in [1.54, 1.807) is 18.3 Å². The molecule has 0 saturated carbocycles. The van der Waals surface area contributed by atoms with Gasteiger partial charge in [0.2, 0.25) is 0 Å². The van der Waals surface area contributed by atoms with Gasteiger partial charge in [-0.1, -0.05) is 36.4 Å². The van der Waals surface area contributed by atoms with Gasteiger partial charge in [-0.15, -0.1) is 0 Å². The Balaban J connectivity index is 1.98. The van der Waals surface area contributed by atoms with Crippen LogP contribution in [0.2, 0.25) is 0 Å². The number of aromatic nitrogens is 1. The van der Waals surface area contributed by atoms with Crippen molar-refractivity contribution in [2.75, 3.05) is 7.11 Å². The number of pyridine rings is 1. The van der Waals surface area contributed by atoms with Gasteiger partial charge in [0, 0.05) is 11.6 Å². The zero-order valence-electron chi connectivity index (χ0n) is 11.7. The smallest absolute Gasteiger partial charge is 0.161 e. The molecule has 104 valence electrons. The molecular weight excluding hydrogens is 262 g/mol. The van der Waals surface area contributed by atoms with Crippen molar-refractivity contribution < 1.29 is 9.84 Å². The van der Waals surface area contributed by atoms with Crippen LogP contribution in [-0.2, 0) is 0 Å². The van der Waals surface area contributed by atoms with Crippen molar-refractivity contribution in [3.05, 3.63) is 66.0 Å². The molecule has 0 aliphatic rings. The van der Waals surface area contributed by atoms with Crippen LogP contribution in [0.5, 0.6) is 11.5 Å². The van der Waals surface area contributed by atoms with Crippen LogP contribution < -0.4 is 4.74 Å². The Bertz CT molecular complexity index is 804. The van der Waals surface area contributed by atoms with E-state index in [1.807, 2.05) is 36.4 Å². The van der Waals surface area contributed by atoms with E-state index in [1.165, 1.54) is 7.11 Å². The van der Waals surface area contributed by atoms with Crippen molar-refractivity contribution in [2.24, 2.45) is 0 Å². The average Bonchev–Trinajstić information content (AvgIpc) is 2.54. The lowest BCUT2D eigenvalue weighted by Gasteiger charge is -2.04. The first-order valence-corrected chi connectivity index (χ1v) is 6.67. The first kappa shape index (κ1) is 13.2. The second-order valence-corrected chi connectivity index (χ2v) is 4.68. The number of phenols is 1. The van der Waals surface area contributed by atoms with Gasteiger partial charge in [0.25, 0.3) is 0 Å². The third kappa shape index (κ3) is 2.72. The predicted molar refractivity (Wildman–Crippen MR) is 85.3 cm³/mol. The van der Waals surface area contributed by atoms with E-state index in [9.17, 15) is 5.11 Å². The fourth-order valence-electron chi connectivity index (χ4n) is 2.25. The van der Waals surface area contributed by atoms with Crippen molar-refractivity contribution in [3.8, 4) is 11.5 Å². The predicted octanol–water partition coefficient (Wildman–Crippen LogP) is 4.12. The summed E-state index contributed by atoms with van der Waals surface area (Å²) in [7, 11) is 1.54. The first-order valence-electron chi connectivity index (χ1n) is 6.67. The van der Waals surface area contributed by atoms with Crippen LogP contribution in [0.1, 0.15) is 11.3 Å². The highest BCUT2D eigenvalue weighted by atomic mass is 16.5. The maximum absolute atomic E-state index is 9.60. The summed E-state index contributed by atoms with van der Waals surface area (Å²) in [4.78, 5) is 4.41. The molecule has 0 unspecified atom stereocenters. The van der Waals surface area contributed by atoms with E-state index >= 15 is 0 Å². The fourth-order valence-corrected chi connectivity index (χ4v) is 2.25. The Morgan fingerprint density at radius 3 is 2.76 bits per heavy atom. The van der Waals surface area contributed by atoms with Crippen LogP contribution in [0.15, 0.2) is 54.7 Å². The van der Waals surface area contributed by atoms with Gasteiger partial charge >= 0.3 is 0 Å². The SMILES string of the molecule is COc1cc(/C=C/c2nccc3ccccc23)ccc1O. The molecule has 0 aliphatic carbocycles. The summed E-state index contributed by atoms with van der Waals surface area (Å²) in [5, 5.41) is 11.9. The molecule has 3 heteroatoms. The lowest BCUT2D eigenvalue weighted by atomic mass is 10.1. The van der Waals surface area contributed by atoms with Gasteiger partial charge < -0.3 is 9.84 Å². The average molecular weight is 277 g/mol. The number of nitrogens with zero attached hydrogens (tertiary/aromatic N) is 1. The molecule has 1 N–H and O–H groups in total. The molecule has 0 spiro atoms. The molecule has 0 aliphatic heterocycles. The van der Waals surface area contributed by atoms with Crippen LogP contribution in [0, 0.1) is 0 Å². The number of methoxy groups -OCH3 is 1. The van der Waals surface area contributed by atoms with Crippen molar-refractivity contribution in [2.45, 2.75) is 0 Å². The van der Waals surface area contributed by atoms with Crippen LogP contribution in [0.3, 0.4) is 0 Å². The molecule has 0 atom stereocenters. The number of benzene rings is 2. The van der Waals surface area contributed by atoms with E-state index in [0.29, 0.717) is 5.75 Å². The number of fused-ring (bicyclic) bond motifs is 1. The van der Waals surface area contributed by atoms with E-state index in [2.05, 4.69) is 17.1 Å². The zero-order chi connectivity index (χ0) is 14.7. The van der Waals surface area contributed by atoms with Crippen molar-refractivity contribution >= 4 is 22.9 Å². The van der Waals surface area contributed by atoms with Gasteiger partial charge in [-0.2, -0.15) is 0 Å². The third-order valence-electron chi connectivity index (χ3n) is 3.34. The molecule has 3 aromatic rings. The third-order valence-corrected chi connectivity index (χ3v) is 3.34. The maximum atomic E-state index is 9.60. The Hall–Kier alpha value is -2.81. The fraction of sp³-hybridized carbons (Fsp3) is 0.0556. The van der Waals surface area contributed by atoms with Crippen LogP contribution in [-0.4, -0.2) is 17.2 Å². The largest absolute Gasteiger partial charge is 0.504 e. The Labute approximate surface area is 123 Å². The molecule has 0 saturated heterocycles. The van der Waals surface area contributed by atoms with E-state index in [-0.39, 0.29) is 5.75 Å². The summed E-state index contributed by atoms with van der Waals surface area (Å²) >= 11 is 0. The Kier molecular flexibility index (Phi) is 3.56. The van der Waals surface area contributed by atoms with Crippen LogP contribution >= 0.6 is 0 Å². The van der Waals surface area contributed by atoms with Crippen LogP contribution in [0.4, 0.5) is 0 Å². The minimum absolute atomic E-state index is 0.137. The Morgan fingerprint density at radius 1 is 1.05 bits per heavy atom. The zero-order valence-corrected chi connectivity index (χ0v) is 11.7. The van der Waals surface area contributed by atoms with Crippen LogP contribution in [0.25, 0.3) is 22.9 Å². The molecule has 3 nitrogen and oxygen atoms in total. The second-order valence-electron chi connectivity index (χ2n) is 4.68. The summed E-state index contributed by atoms with van der Waals surface area (Å²) in [6.45, 7) is 0. The quantitative estimate of drug-likeness (QED) is 0.783. The maximum Gasteiger partial charge on any atom is 0.161 e. The van der Waals surface area contributed by atoms with Gasteiger partial charge in [-0.3, -0.25) is 4.98 Å². The molecule has 21 heavy (non-hydrogen) atoms. The van der Waals surface area contributed by atoms with Gasteiger partial charge in [-0.25, -0.2) is 0 Å². The molecular formula is C18H15NO2. The highest BCUT2D eigenvalue weighted by Crippen LogP contribution is 2.27. The van der Waals surface area contributed by atoms with E-state index in [4.69, 9.17) is 4.74 Å². The lowest BCUT2D eigenvalue weighted by molar-refractivity contribution is 0.373. The number of ether oxygens (including phenoxy) is 1. The molecule has 1 heterocycles. The van der Waals surface area contributed by atoms with Crippen molar-refractivity contribution in [1.82, 2.24) is 4.98 Å². The van der Waals surface area contributed by atoms with E-state index in [0.717, 1.165) is 22.0 Å². The molecule has 2 aromatic carbocycles. The number of rotatable bonds is 3. The van der Waals surface area contributed by atoms with E-state index < -0.39 is 0 Å². The summed E-state index contributed by atoms with van der Waals surface area (Å²) in [6.07, 6.45) is 5.73. The van der Waals surface area contributed by atoms with Crippen molar-refractivity contribution in [3.63, 3.8) is 0 Å². The molecule has 0 amide bonds. The number of aromatic hydroxyl groups is 1. The minimum Gasteiger partial charge on any atom is -0.504 e. The molecule has 1 aromatic heterocycles. The monoisotopic (exact) mass is 277 g/mol. The lowest BCUT2D eigenvalue weighted by Crippen LogP contribution is -1.85. The molecule has 3 rings (SSSR count). The van der Waals surface area contributed by atoms with Gasteiger partial charge in [0.15, 0.2) is 11.5 Å². The number of phenolic OH excluding ortho intramolecular Hbond substituents is 1. The number of hydrogen-bond donors (Lipinski definition) is 1. The molecule has 0 bridgehead atoms. The first-order chi connectivity index (χ1) is 10.3. The van der Waals surface area contributed by atoms with Gasteiger partial charge in [0.1, 0.15) is 0 Å². The summed E-state index contributed by atoms with van der Waals surface area (Å²) in [6, 6.07) is 15.4. The highest BCUT2D eigenvalue weighted by molar-refractivity contribution is 5.91. The Morgan fingerprint density at radius 2 is 1.90 bits per heavy atom. The van der Waals surface area contributed by atoms with Gasteiger partial charge in [0.05, 0.1) is 12.8 Å². The minimum atomic E-state index is 0.137. The molecule has 0 radical (unpaired) electrons. The highest BCUT2D eigenvalue weighted by Gasteiger charge is 2.01. The number of hydrogen-bond acceptors (Lipinski definition) is 3.